The molecular formula is C15H32N2O3. The lowest BCUT2D eigenvalue weighted by molar-refractivity contribution is -0.0316. The summed E-state index contributed by atoms with van der Waals surface area (Å²) in [6.45, 7) is 7.91. The van der Waals surface area contributed by atoms with Crippen LogP contribution in [0.4, 0.5) is 0 Å². The minimum atomic E-state index is -0.421. The highest BCUT2D eigenvalue weighted by Gasteiger charge is 2.34. The first-order valence-electron chi connectivity index (χ1n) is 7.76. The Balaban J connectivity index is 2.46. The van der Waals surface area contributed by atoms with E-state index in [4.69, 9.17) is 9.47 Å². The monoisotopic (exact) mass is 288 g/mol. The van der Waals surface area contributed by atoms with Gasteiger partial charge in [0, 0.05) is 38.8 Å². The second kappa shape index (κ2) is 9.68. The molecular weight excluding hydrogens is 256 g/mol. The number of hydrogen-bond donors (Lipinski definition) is 2. The second-order valence-corrected chi connectivity index (χ2v) is 6.14. The molecule has 2 atom stereocenters. The van der Waals surface area contributed by atoms with E-state index >= 15 is 0 Å². The van der Waals surface area contributed by atoms with E-state index in [-0.39, 0.29) is 5.41 Å². The lowest BCUT2D eigenvalue weighted by atomic mass is 9.81. The largest absolute Gasteiger partial charge is 0.389 e. The first-order valence-corrected chi connectivity index (χ1v) is 7.76. The molecule has 0 aromatic rings. The highest BCUT2D eigenvalue weighted by atomic mass is 16.5. The first-order chi connectivity index (χ1) is 9.62. The minimum Gasteiger partial charge on any atom is -0.389 e. The van der Waals surface area contributed by atoms with Crippen molar-refractivity contribution in [2.45, 2.75) is 32.3 Å². The third-order valence-electron chi connectivity index (χ3n) is 3.82. The van der Waals surface area contributed by atoms with Crippen LogP contribution >= 0.6 is 0 Å². The van der Waals surface area contributed by atoms with E-state index in [1.165, 1.54) is 6.42 Å². The topological polar surface area (TPSA) is 54.0 Å². The Morgan fingerprint density at radius 1 is 1.50 bits per heavy atom. The van der Waals surface area contributed by atoms with E-state index in [0.717, 1.165) is 45.7 Å². The fourth-order valence-electron chi connectivity index (χ4n) is 3.00. The SMILES string of the molecule is CCCNCC1(CN(C)CC(O)COC)CCCOC1. The number of methoxy groups -OCH3 is 1. The quantitative estimate of drug-likeness (QED) is 0.580. The van der Waals surface area contributed by atoms with Gasteiger partial charge in [0.15, 0.2) is 0 Å². The lowest BCUT2D eigenvalue weighted by Gasteiger charge is -2.40. The average molecular weight is 288 g/mol. The highest BCUT2D eigenvalue weighted by Crippen LogP contribution is 2.29. The van der Waals surface area contributed by atoms with Gasteiger partial charge in [0.05, 0.1) is 19.3 Å². The summed E-state index contributed by atoms with van der Waals surface area (Å²) >= 11 is 0. The molecule has 2 unspecified atom stereocenters. The Bertz CT molecular complexity index is 245. The van der Waals surface area contributed by atoms with Crippen molar-refractivity contribution in [2.75, 3.05) is 60.2 Å². The molecule has 20 heavy (non-hydrogen) atoms. The maximum Gasteiger partial charge on any atom is 0.0899 e. The summed E-state index contributed by atoms with van der Waals surface area (Å²) in [6.07, 6.45) is 3.05. The molecule has 0 bridgehead atoms. The van der Waals surface area contributed by atoms with Crippen LogP contribution in [0.5, 0.6) is 0 Å². The van der Waals surface area contributed by atoms with Crippen LogP contribution in [0.3, 0.4) is 0 Å². The first kappa shape index (κ1) is 17.9. The summed E-state index contributed by atoms with van der Waals surface area (Å²) < 4.78 is 10.7. The van der Waals surface area contributed by atoms with Gasteiger partial charge >= 0.3 is 0 Å². The molecule has 5 nitrogen and oxygen atoms in total. The molecule has 0 amide bonds. The van der Waals surface area contributed by atoms with Crippen LogP contribution in [-0.2, 0) is 9.47 Å². The van der Waals surface area contributed by atoms with Gasteiger partial charge in [-0.05, 0) is 32.9 Å². The van der Waals surface area contributed by atoms with Crippen molar-refractivity contribution in [1.29, 1.82) is 0 Å². The highest BCUT2D eigenvalue weighted by molar-refractivity contribution is 4.87. The van der Waals surface area contributed by atoms with Gasteiger partial charge in [-0.15, -0.1) is 0 Å². The van der Waals surface area contributed by atoms with Gasteiger partial charge in [-0.1, -0.05) is 6.92 Å². The fraction of sp³-hybridized carbons (Fsp3) is 1.00. The molecule has 120 valence electrons. The number of aliphatic hydroxyl groups excluding tert-OH is 1. The number of ether oxygens (including phenoxy) is 2. The summed E-state index contributed by atoms with van der Waals surface area (Å²) in [5.41, 5.74) is 0.176. The van der Waals surface area contributed by atoms with Crippen LogP contribution < -0.4 is 5.32 Å². The van der Waals surface area contributed by atoms with Gasteiger partial charge in [0.25, 0.3) is 0 Å². The van der Waals surface area contributed by atoms with Gasteiger partial charge in [-0.2, -0.15) is 0 Å². The van der Waals surface area contributed by atoms with Crippen LogP contribution in [-0.4, -0.2) is 76.3 Å². The number of aliphatic hydroxyl groups is 1. The fourth-order valence-corrected chi connectivity index (χ4v) is 3.00. The predicted molar refractivity (Wildman–Crippen MR) is 81.0 cm³/mol. The molecule has 0 radical (unpaired) electrons. The molecule has 1 heterocycles. The predicted octanol–water partition coefficient (Wildman–Crippen LogP) is 0.722. The van der Waals surface area contributed by atoms with E-state index in [9.17, 15) is 5.11 Å². The number of rotatable bonds is 10. The number of nitrogens with one attached hydrogen (secondary N) is 1. The Morgan fingerprint density at radius 3 is 2.90 bits per heavy atom. The number of likely N-dealkylation sites (N-methyl/N-ethyl adjacent to an activating group) is 1. The van der Waals surface area contributed by atoms with Gasteiger partial charge in [-0.3, -0.25) is 0 Å². The molecule has 0 aliphatic carbocycles. The standard InChI is InChI=1S/C15H32N2O3/c1-4-7-16-11-15(6-5-8-20-13-15)12-17(2)9-14(18)10-19-3/h14,16,18H,4-13H2,1-3H3. The number of nitrogens with zero attached hydrogens (tertiary/aromatic N) is 1. The molecule has 5 heteroatoms. The number of hydrogen-bond acceptors (Lipinski definition) is 5. The summed E-state index contributed by atoms with van der Waals surface area (Å²) in [7, 11) is 3.68. The summed E-state index contributed by atoms with van der Waals surface area (Å²) in [5, 5.41) is 13.4. The molecule has 1 rings (SSSR count). The van der Waals surface area contributed by atoms with Crippen LogP contribution in [0.1, 0.15) is 26.2 Å². The second-order valence-electron chi connectivity index (χ2n) is 6.14. The van der Waals surface area contributed by atoms with Gasteiger partial charge in [0.2, 0.25) is 0 Å². The minimum absolute atomic E-state index is 0.176. The molecule has 0 saturated carbocycles. The van der Waals surface area contributed by atoms with Crippen LogP contribution in [0.2, 0.25) is 0 Å². The molecule has 2 N–H and O–H groups in total. The van der Waals surface area contributed by atoms with Gasteiger partial charge < -0.3 is 24.8 Å². The molecule has 1 aliphatic rings. The Hall–Kier alpha value is -0.200. The van der Waals surface area contributed by atoms with Crippen molar-refractivity contribution < 1.29 is 14.6 Å². The van der Waals surface area contributed by atoms with E-state index < -0.39 is 6.10 Å². The maximum atomic E-state index is 9.83. The van der Waals surface area contributed by atoms with Gasteiger partial charge in [-0.25, -0.2) is 0 Å². The lowest BCUT2D eigenvalue weighted by Crippen LogP contribution is -2.49. The third-order valence-corrected chi connectivity index (χ3v) is 3.82. The Morgan fingerprint density at radius 2 is 2.30 bits per heavy atom. The van der Waals surface area contributed by atoms with E-state index in [2.05, 4.69) is 24.2 Å². The van der Waals surface area contributed by atoms with Crippen molar-refractivity contribution in [1.82, 2.24) is 10.2 Å². The summed E-state index contributed by atoms with van der Waals surface area (Å²) in [6, 6.07) is 0. The summed E-state index contributed by atoms with van der Waals surface area (Å²) in [5.74, 6) is 0. The Labute approximate surface area is 123 Å². The Kier molecular flexibility index (Phi) is 8.64. The smallest absolute Gasteiger partial charge is 0.0899 e. The van der Waals surface area contributed by atoms with Crippen LogP contribution in [0.25, 0.3) is 0 Å². The van der Waals surface area contributed by atoms with E-state index in [1.807, 2.05) is 0 Å². The van der Waals surface area contributed by atoms with Crippen molar-refractivity contribution in [3.8, 4) is 0 Å². The van der Waals surface area contributed by atoms with Crippen LogP contribution in [0, 0.1) is 5.41 Å². The van der Waals surface area contributed by atoms with Crippen molar-refractivity contribution in [3.63, 3.8) is 0 Å². The molecule has 1 fully saturated rings. The van der Waals surface area contributed by atoms with E-state index in [0.29, 0.717) is 13.2 Å². The molecule has 0 spiro atoms. The maximum absolute atomic E-state index is 9.83. The zero-order valence-electron chi connectivity index (χ0n) is 13.4. The summed E-state index contributed by atoms with van der Waals surface area (Å²) in [4.78, 5) is 2.20. The normalized spacial score (nSPS) is 25.1. The van der Waals surface area contributed by atoms with Gasteiger partial charge in [0.1, 0.15) is 0 Å². The molecule has 0 aromatic heterocycles. The van der Waals surface area contributed by atoms with Crippen molar-refractivity contribution >= 4 is 0 Å². The molecule has 0 aromatic carbocycles. The zero-order valence-corrected chi connectivity index (χ0v) is 13.4. The van der Waals surface area contributed by atoms with Crippen molar-refractivity contribution in [3.05, 3.63) is 0 Å². The average Bonchev–Trinajstić information content (AvgIpc) is 2.40. The van der Waals surface area contributed by atoms with Crippen molar-refractivity contribution in [2.24, 2.45) is 5.41 Å². The van der Waals surface area contributed by atoms with E-state index in [1.54, 1.807) is 7.11 Å². The molecule has 1 aliphatic heterocycles. The van der Waals surface area contributed by atoms with Crippen LogP contribution in [0.15, 0.2) is 0 Å². The molecule has 1 saturated heterocycles. The third kappa shape index (κ3) is 6.50. The zero-order chi connectivity index (χ0) is 14.8.